The molecule has 0 bridgehead atoms. The first kappa shape index (κ1) is 14.9. The molecule has 1 aliphatic rings. The normalized spacial score (nSPS) is 19.2. The van der Waals surface area contributed by atoms with E-state index in [0.717, 1.165) is 0 Å². The van der Waals surface area contributed by atoms with Gasteiger partial charge in [-0.25, -0.2) is 4.39 Å². The third-order valence-corrected chi connectivity index (χ3v) is 3.83. The summed E-state index contributed by atoms with van der Waals surface area (Å²) >= 11 is 0. The lowest BCUT2D eigenvalue weighted by Crippen LogP contribution is -2.37. The first-order valence-corrected chi connectivity index (χ1v) is 7.22. The highest BCUT2D eigenvalue weighted by Crippen LogP contribution is 2.21. The fourth-order valence-electron chi connectivity index (χ4n) is 2.63. The van der Waals surface area contributed by atoms with Crippen LogP contribution in [0.4, 0.5) is 4.39 Å². The molecule has 1 N–H and O–H groups in total. The molecule has 6 heteroatoms. The van der Waals surface area contributed by atoms with Crippen molar-refractivity contribution in [2.24, 2.45) is 5.92 Å². The van der Waals surface area contributed by atoms with Crippen molar-refractivity contribution < 1.29 is 19.0 Å². The molecule has 0 radical (unpaired) electrons. The zero-order valence-electron chi connectivity index (χ0n) is 12.0. The molecule has 1 fully saturated rings. The van der Waals surface area contributed by atoms with E-state index in [2.05, 4.69) is 4.98 Å². The summed E-state index contributed by atoms with van der Waals surface area (Å²) in [4.78, 5) is 18.2. The number of aromatic nitrogens is 1. The van der Waals surface area contributed by atoms with Crippen LogP contribution in [-0.4, -0.2) is 53.8 Å². The van der Waals surface area contributed by atoms with Crippen molar-refractivity contribution in [3.05, 3.63) is 41.8 Å². The van der Waals surface area contributed by atoms with E-state index in [4.69, 9.17) is 4.74 Å². The van der Waals surface area contributed by atoms with Gasteiger partial charge in [0.05, 0.1) is 24.3 Å². The molecule has 1 amide bonds. The second-order valence-corrected chi connectivity index (χ2v) is 5.37. The summed E-state index contributed by atoms with van der Waals surface area (Å²) in [5.74, 6) is -1.08. The number of aliphatic hydroxyl groups is 1. The summed E-state index contributed by atoms with van der Waals surface area (Å²) < 4.78 is 19.9. The van der Waals surface area contributed by atoms with Crippen LogP contribution in [0, 0.1) is 11.7 Å². The topological polar surface area (TPSA) is 62.7 Å². The summed E-state index contributed by atoms with van der Waals surface area (Å²) in [6.07, 6.45) is 1.58. The summed E-state index contributed by atoms with van der Waals surface area (Å²) in [6, 6.07) is 6.36. The van der Waals surface area contributed by atoms with Gasteiger partial charge in [-0.3, -0.25) is 9.78 Å². The lowest BCUT2D eigenvalue weighted by atomic mass is 10.1. The van der Waals surface area contributed by atoms with Crippen LogP contribution in [-0.2, 0) is 4.74 Å². The van der Waals surface area contributed by atoms with Crippen LogP contribution >= 0.6 is 0 Å². The second kappa shape index (κ2) is 6.37. The Balaban J connectivity index is 1.92. The standard InChI is InChI=1S/C16H17FN2O3/c17-15-12-2-1-5-18-14(12)4-3-13(15)16(21)19-6-7-22-10-11(8-19)9-20/h1-5,11,20H,6-10H2. The number of ether oxygens (including phenoxy) is 1. The van der Waals surface area contributed by atoms with Gasteiger partial charge in [0.15, 0.2) is 0 Å². The second-order valence-electron chi connectivity index (χ2n) is 5.37. The Hall–Kier alpha value is -2.05. The van der Waals surface area contributed by atoms with Crippen LogP contribution in [0.15, 0.2) is 30.5 Å². The number of nitrogens with zero attached hydrogens (tertiary/aromatic N) is 2. The number of carbonyl (C=O) groups is 1. The zero-order valence-corrected chi connectivity index (χ0v) is 12.0. The van der Waals surface area contributed by atoms with Crippen molar-refractivity contribution in [2.75, 3.05) is 32.9 Å². The smallest absolute Gasteiger partial charge is 0.256 e. The summed E-state index contributed by atoms with van der Waals surface area (Å²) in [6.45, 7) is 1.48. The Kier molecular flexibility index (Phi) is 4.31. The van der Waals surface area contributed by atoms with E-state index in [1.54, 1.807) is 24.4 Å². The minimum Gasteiger partial charge on any atom is -0.396 e. The number of benzene rings is 1. The zero-order chi connectivity index (χ0) is 15.5. The average Bonchev–Trinajstić information content (AvgIpc) is 2.80. The highest BCUT2D eigenvalue weighted by atomic mass is 19.1. The van der Waals surface area contributed by atoms with E-state index in [9.17, 15) is 14.3 Å². The molecule has 0 saturated carbocycles. The van der Waals surface area contributed by atoms with Crippen LogP contribution in [0.1, 0.15) is 10.4 Å². The maximum absolute atomic E-state index is 14.6. The van der Waals surface area contributed by atoms with Gasteiger partial charge in [0.1, 0.15) is 5.82 Å². The Morgan fingerprint density at radius 1 is 1.45 bits per heavy atom. The molecule has 1 aliphatic heterocycles. The van der Waals surface area contributed by atoms with Crippen molar-refractivity contribution in [3.63, 3.8) is 0 Å². The Labute approximate surface area is 127 Å². The Morgan fingerprint density at radius 3 is 3.14 bits per heavy atom. The molecular weight excluding hydrogens is 287 g/mol. The third kappa shape index (κ3) is 2.80. The van der Waals surface area contributed by atoms with Gasteiger partial charge < -0.3 is 14.7 Å². The molecule has 0 spiro atoms. The maximum Gasteiger partial charge on any atom is 0.256 e. The van der Waals surface area contributed by atoms with Gasteiger partial charge in [-0.2, -0.15) is 0 Å². The van der Waals surface area contributed by atoms with Crippen molar-refractivity contribution in [1.82, 2.24) is 9.88 Å². The predicted octanol–water partition coefficient (Wildman–Crippen LogP) is 1.45. The number of halogens is 1. The number of hydrogen-bond acceptors (Lipinski definition) is 4. The van der Waals surface area contributed by atoms with Crippen molar-refractivity contribution in [2.45, 2.75) is 0 Å². The number of rotatable bonds is 2. The van der Waals surface area contributed by atoms with E-state index in [0.29, 0.717) is 37.2 Å². The molecule has 2 heterocycles. The molecule has 1 atom stereocenters. The molecule has 1 aromatic carbocycles. The largest absolute Gasteiger partial charge is 0.396 e. The van der Waals surface area contributed by atoms with Crippen LogP contribution < -0.4 is 0 Å². The fraction of sp³-hybridized carbons (Fsp3) is 0.375. The minimum absolute atomic E-state index is 0.0269. The average molecular weight is 304 g/mol. The number of amides is 1. The van der Waals surface area contributed by atoms with E-state index < -0.39 is 5.82 Å². The van der Waals surface area contributed by atoms with Crippen LogP contribution in [0.2, 0.25) is 0 Å². The Morgan fingerprint density at radius 2 is 2.32 bits per heavy atom. The van der Waals surface area contributed by atoms with E-state index in [1.807, 2.05) is 0 Å². The molecule has 5 nitrogen and oxygen atoms in total. The van der Waals surface area contributed by atoms with Gasteiger partial charge in [-0.1, -0.05) is 0 Å². The summed E-state index contributed by atoms with van der Waals surface area (Å²) in [5, 5.41) is 9.61. The number of pyridine rings is 1. The van der Waals surface area contributed by atoms with Crippen molar-refractivity contribution >= 4 is 16.8 Å². The molecule has 1 saturated heterocycles. The van der Waals surface area contributed by atoms with Gasteiger partial charge in [0, 0.05) is 37.2 Å². The quantitative estimate of drug-likeness (QED) is 0.912. The van der Waals surface area contributed by atoms with Gasteiger partial charge in [0.25, 0.3) is 5.91 Å². The van der Waals surface area contributed by atoms with E-state index in [-0.39, 0.29) is 24.0 Å². The first-order chi connectivity index (χ1) is 10.7. The number of hydrogen-bond donors (Lipinski definition) is 1. The highest BCUT2D eigenvalue weighted by molar-refractivity contribution is 5.98. The monoisotopic (exact) mass is 304 g/mol. The fourth-order valence-corrected chi connectivity index (χ4v) is 2.63. The minimum atomic E-state index is -0.554. The molecule has 3 rings (SSSR count). The van der Waals surface area contributed by atoms with Crippen LogP contribution in [0.3, 0.4) is 0 Å². The molecule has 2 aromatic rings. The number of fused-ring (bicyclic) bond motifs is 1. The first-order valence-electron chi connectivity index (χ1n) is 7.22. The predicted molar refractivity (Wildman–Crippen MR) is 79.0 cm³/mol. The molecule has 1 aromatic heterocycles. The maximum atomic E-state index is 14.6. The van der Waals surface area contributed by atoms with Gasteiger partial charge in [-0.05, 0) is 24.3 Å². The molecule has 1 unspecified atom stereocenters. The SMILES string of the molecule is O=C(c1ccc2ncccc2c1F)N1CCOCC(CO)C1. The van der Waals surface area contributed by atoms with Gasteiger partial charge >= 0.3 is 0 Å². The highest BCUT2D eigenvalue weighted by Gasteiger charge is 2.25. The lowest BCUT2D eigenvalue weighted by Gasteiger charge is -2.23. The summed E-state index contributed by atoms with van der Waals surface area (Å²) in [7, 11) is 0. The molecule has 116 valence electrons. The Bertz CT molecular complexity index is 692. The number of carbonyl (C=O) groups excluding carboxylic acids is 1. The summed E-state index contributed by atoms with van der Waals surface area (Å²) in [5.41, 5.74) is 0.545. The third-order valence-electron chi connectivity index (χ3n) is 3.83. The van der Waals surface area contributed by atoms with Gasteiger partial charge in [-0.15, -0.1) is 0 Å². The lowest BCUT2D eigenvalue weighted by molar-refractivity contribution is 0.0724. The van der Waals surface area contributed by atoms with Crippen molar-refractivity contribution in [3.8, 4) is 0 Å². The van der Waals surface area contributed by atoms with Gasteiger partial charge in [0.2, 0.25) is 0 Å². The molecule has 22 heavy (non-hydrogen) atoms. The van der Waals surface area contributed by atoms with E-state index in [1.165, 1.54) is 11.0 Å². The van der Waals surface area contributed by atoms with Crippen LogP contribution in [0.5, 0.6) is 0 Å². The molecule has 0 aliphatic carbocycles. The molecular formula is C16H17FN2O3. The van der Waals surface area contributed by atoms with Crippen molar-refractivity contribution in [1.29, 1.82) is 0 Å². The number of aliphatic hydroxyl groups excluding tert-OH is 1. The van der Waals surface area contributed by atoms with Crippen LogP contribution in [0.25, 0.3) is 10.9 Å². The van der Waals surface area contributed by atoms with E-state index >= 15 is 0 Å².